The van der Waals surface area contributed by atoms with Crippen LogP contribution in [-0.4, -0.2) is 43.4 Å². The number of carbonyl (C=O) groups excluding carboxylic acids is 2. The molecule has 0 aromatic heterocycles. The van der Waals surface area contributed by atoms with E-state index in [0.29, 0.717) is 35.5 Å². The summed E-state index contributed by atoms with van der Waals surface area (Å²) in [7, 11) is -4.97. The lowest BCUT2D eigenvalue weighted by Crippen LogP contribution is -2.50. The first-order valence-corrected chi connectivity index (χ1v) is 14.4. The fourth-order valence-corrected chi connectivity index (χ4v) is 10.5. The number of hydrogen-bond acceptors (Lipinski definition) is 6. The molecule has 0 spiro atoms. The van der Waals surface area contributed by atoms with E-state index in [2.05, 4.69) is 0 Å². The highest BCUT2D eigenvalue weighted by atomic mass is 32.2. The summed E-state index contributed by atoms with van der Waals surface area (Å²) in [5, 5.41) is -2.31. The van der Waals surface area contributed by atoms with Gasteiger partial charge >= 0.3 is 11.9 Å². The maximum atomic E-state index is 12.8. The molecule has 184 valence electrons. The third kappa shape index (κ3) is 4.13. The van der Waals surface area contributed by atoms with E-state index >= 15 is 0 Å². The maximum absolute atomic E-state index is 12.8. The topological polar surface area (TPSA) is 107 Å². The minimum atomic E-state index is -4.97. The van der Waals surface area contributed by atoms with Gasteiger partial charge in [-0.1, -0.05) is 0 Å². The SMILES string of the molecule is O=C(OCC12CC3CC(CC(C3)C1)C2)C(C(=O)OCC12CC3CC(CC(C3)C1)C2)S(=O)(=O)O. The molecule has 8 heteroatoms. The lowest BCUT2D eigenvalue weighted by atomic mass is 9.50. The smallest absolute Gasteiger partial charge is 0.338 e. The molecule has 0 aliphatic heterocycles. The highest BCUT2D eigenvalue weighted by molar-refractivity contribution is 7.88. The van der Waals surface area contributed by atoms with Gasteiger partial charge in [0, 0.05) is 10.8 Å². The molecule has 0 aromatic carbocycles. The van der Waals surface area contributed by atoms with Crippen LogP contribution in [0.25, 0.3) is 0 Å². The molecule has 8 aliphatic rings. The van der Waals surface area contributed by atoms with Gasteiger partial charge < -0.3 is 9.47 Å². The quantitative estimate of drug-likeness (QED) is 0.336. The molecule has 0 radical (unpaired) electrons. The van der Waals surface area contributed by atoms with Crippen LogP contribution in [0, 0.1) is 46.3 Å². The average Bonchev–Trinajstić information content (AvgIpc) is 2.68. The third-order valence-corrected chi connectivity index (χ3v) is 11.1. The number of ether oxygens (including phenoxy) is 2. The minimum Gasteiger partial charge on any atom is -0.464 e. The van der Waals surface area contributed by atoms with Crippen molar-refractivity contribution in [2.45, 2.75) is 82.3 Å². The Morgan fingerprint density at radius 3 is 1.18 bits per heavy atom. The van der Waals surface area contributed by atoms with Gasteiger partial charge in [0.15, 0.2) is 0 Å². The van der Waals surface area contributed by atoms with E-state index in [1.165, 1.54) is 38.5 Å². The molecular weight excluding hydrogens is 444 g/mol. The molecule has 33 heavy (non-hydrogen) atoms. The Kier molecular flexibility index (Phi) is 5.19. The van der Waals surface area contributed by atoms with Gasteiger partial charge in [0.05, 0.1) is 13.2 Å². The largest absolute Gasteiger partial charge is 0.464 e. The van der Waals surface area contributed by atoms with Crippen molar-refractivity contribution in [2.75, 3.05) is 13.2 Å². The first-order chi connectivity index (χ1) is 15.6. The van der Waals surface area contributed by atoms with Gasteiger partial charge in [-0.15, -0.1) is 0 Å². The first-order valence-electron chi connectivity index (χ1n) is 12.9. The van der Waals surface area contributed by atoms with Gasteiger partial charge in [-0.3, -0.25) is 4.55 Å². The Balaban J connectivity index is 1.10. The van der Waals surface area contributed by atoms with Crippen LogP contribution in [-0.2, 0) is 29.2 Å². The number of esters is 2. The summed E-state index contributed by atoms with van der Waals surface area (Å²) in [6, 6.07) is 0. The van der Waals surface area contributed by atoms with Crippen LogP contribution >= 0.6 is 0 Å². The Labute approximate surface area is 196 Å². The molecule has 8 aliphatic carbocycles. The van der Waals surface area contributed by atoms with Crippen LogP contribution in [0.3, 0.4) is 0 Å². The van der Waals surface area contributed by atoms with Crippen molar-refractivity contribution in [3.05, 3.63) is 0 Å². The second-order valence-electron chi connectivity index (χ2n) is 12.9. The van der Waals surface area contributed by atoms with Crippen molar-refractivity contribution in [3.63, 3.8) is 0 Å². The van der Waals surface area contributed by atoms with E-state index in [9.17, 15) is 22.6 Å². The molecule has 0 heterocycles. The molecule has 0 saturated heterocycles. The van der Waals surface area contributed by atoms with Crippen molar-refractivity contribution in [1.29, 1.82) is 0 Å². The first kappa shape index (κ1) is 22.3. The standard InChI is InChI=1S/C25H36O7S/c26-22(31-13-24-7-15-1-16(8-24)3-17(2-15)9-24)21(33(28,29)30)23(27)32-14-25-10-18-4-19(11-25)6-20(5-18)12-25/h15-21H,1-14H2,(H,28,29,30). The van der Waals surface area contributed by atoms with Crippen molar-refractivity contribution in [1.82, 2.24) is 0 Å². The molecule has 1 N–H and O–H groups in total. The van der Waals surface area contributed by atoms with Gasteiger partial charge in [0.1, 0.15) is 0 Å². The van der Waals surface area contributed by atoms with Crippen molar-refractivity contribution < 1.29 is 32.0 Å². The number of carbonyl (C=O) groups is 2. The van der Waals surface area contributed by atoms with Crippen molar-refractivity contribution in [2.24, 2.45) is 46.3 Å². The summed E-state index contributed by atoms with van der Waals surface area (Å²) in [4.78, 5) is 25.6. The highest BCUT2D eigenvalue weighted by Gasteiger charge is 2.54. The van der Waals surface area contributed by atoms with Crippen LogP contribution in [0.15, 0.2) is 0 Å². The molecule has 0 unspecified atom stereocenters. The van der Waals surface area contributed by atoms with E-state index in [-0.39, 0.29) is 24.0 Å². The van der Waals surface area contributed by atoms with E-state index in [1.807, 2.05) is 0 Å². The molecule has 0 aromatic rings. The van der Waals surface area contributed by atoms with Crippen LogP contribution in [0.4, 0.5) is 0 Å². The van der Waals surface area contributed by atoms with E-state index in [4.69, 9.17) is 9.47 Å². The van der Waals surface area contributed by atoms with E-state index < -0.39 is 27.3 Å². The minimum absolute atomic E-state index is 0.0999. The monoisotopic (exact) mass is 480 g/mol. The average molecular weight is 481 g/mol. The molecule has 0 amide bonds. The molecule has 7 nitrogen and oxygen atoms in total. The van der Waals surface area contributed by atoms with Gasteiger partial charge in [0.25, 0.3) is 15.4 Å². The Morgan fingerprint density at radius 2 is 0.939 bits per heavy atom. The zero-order valence-electron chi connectivity index (χ0n) is 19.2. The van der Waals surface area contributed by atoms with Crippen molar-refractivity contribution >= 4 is 22.1 Å². The van der Waals surface area contributed by atoms with Crippen molar-refractivity contribution in [3.8, 4) is 0 Å². The predicted octanol–water partition coefficient (Wildman–Crippen LogP) is 3.76. The summed E-state index contributed by atoms with van der Waals surface area (Å²) in [5.74, 6) is 1.60. The normalized spacial score (nSPS) is 45.7. The number of hydrogen-bond donors (Lipinski definition) is 1. The zero-order valence-corrected chi connectivity index (χ0v) is 20.1. The maximum Gasteiger partial charge on any atom is 0.338 e. The summed E-state index contributed by atoms with van der Waals surface area (Å²) in [6.45, 7) is 0.257. The lowest BCUT2D eigenvalue weighted by Gasteiger charge is -2.56. The zero-order chi connectivity index (χ0) is 23.0. The van der Waals surface area contributed by atoms with Crippen LogP contribution in [0.1, 0.15) is 77.0 Å². The van der Waals surface area contributed by atoms with Gasteiger partial charge in [-0.25, -0.2) is 9.59 Å². The Bertz CT molecular complexity index is 808. The summed E-state index contributed by atoms with van der Waals surface area (Å²) < 4.78 is 44.6. The van der Waals surface area contributed by atoms with Crippen LogP contribution < -0.4 is 0 Å². The van der Waals surface area contributed by atoms with E-state index in [0.717, 1.165) is 38.5 Å². The fraction of sp³-hybridized carbons (Fsp3) is 0.920. The van der Waals surface area contributed by atoms with E-state index in [1.54, 1.807) is 0 Å². The third-order valence-electron chi connectivity index (χ3n) is 10.1. The second-order valence-corrected chi connectivity index (χ2v) is 14.4. The molecular formula is C25H36O7S. The van der Waals surface area contributed by atoms with Crippen LogP contribution in [0.2, 0.25) is 0 Å². The Morgan fingerprint density at radius 1 is 0.667 bits per heavy atom. The van der Waals surface area contributed by atoms with Gasteiger partial charge in [0.2, 0.25) is 0 Å². The highest BCUT2D eigenvalue weighted by Crippen LogP contribution is 2.61. The molecule has 8 bridgehead atoms. The summed E-state index contributed by atoms with van der Waals surface area (Å²) in [5.41, 5.74) is -0.200. The predicted molar refractivity (Wildman–Crippen MR) is 118 cm³/mol. The molecule has 8 saturated carbocycles. The van der Waals surface area contributed by atoms with Gasteiger partial charge in [-0.2, -0.15) is 8.42 Å². The fourth-order valence-electron chi connectivity index (χ4n) is 9.87. The molecule has 8 rings (SSSR count). The second kappa shape index (κ2) is 7.67. The Hall–Kier alpha value is -1.15. The summed E-state index contributed by atoms with van der Waals surface area (Å²) >= 11 is 0. The molecule has 0 atom stereocenters. The number of rotatable bonds is 7. The van der Waals surface area contributed by atoms with Gasteiger partial charge in [-0.05, 0) is 113 Å². The lowest BCUT2D eigenvalue weighted by molar-refractivity contribution is -0.165. The molecule has 8 fully saturated rings. The summed E-state index contributed by atoms with van der Waals surface area (Å²) in [6.07, 6.45) is 13.5. The van der Waals surface area contributed by atoms with Crippen LogP contribution in [0.5, 0.6) is 0 Å².